The van der Waals surface area contributed by atoms with E-state index in [2.05, 4.69) is 13.8 Å². The van der Waals surface area contributed by atoms with Gasteiger partial charge in [-0.15, -0.1) is 0 Å². The van der Waals surface area contributed by atoms with Gasteiger partial charge >= 0.3 is 0 Å². The van der Waals surface area contributed by atoms with Crippen LogP contribution in [0.5, 0.6) is 5.75 Å². The zero-order valence-electron chi connectivity index (χ0n) is 10.6. The maximum Gasteiger partial charge on any atom is 0.228 e. The van der Waals surface area contributed by atoms with E-state index in [-0.39, 0.29) is 5.78 Å². The maximum absolute atomic E-state index is 12.0. The number of furan rings is 1. The summed E-state index contributed by atoms with van der Waals surface area (Å²) in [5, 5.41) is 0. The molecule has 18 heavy (non-hydrogen) atoms. The molecule has 0 spiro atoms. The second-order valence-electron chi connectivity index (χ2n) is 4.54. The summed E-state index contributed by atoms with van der Waals surface area (Å²) in [5.41, 5.74) is 0.599. The molecule has 2 rings (SSSR count). The minimum Gasteiger partial charge on any atom is -0.493 e. The molecule has 0 aliphatic rings. The van der Waals surface area contributed by atoms with Crippen LogP contribution in [-0.4, -0.2) is 12.4 Å². The van der Waals surface area contributed by atoms with Gasteiger partial charge in [-0.1, -0.05) is 13.8 Å². The Balaban J connectivity index is 2.06. The molecule has 0 bridgehead atoms. The van der Waals surface area contributed by atoms with Crippen molar-refractivity contribution >= 4 is 5.78 Å². The lowest BCUT2D eigenvalue weighted by atomic mass is 10.1. The number of ether oxygens (including phenoxy) is 1. The minimum atomic E-state index is -0.115. The SMILES string of the molecule is CC(C)COc1ccc(C(=O)c2ccco2)cc1. The van der Waals surface area contributed by atoms with Crippen LogP contribution in [0.3, 0.4) is 0 Å². The molecule has 0 unspecified atom stereocenters. The van der Waals surface area contributed by atoms with Crippen molar-refractivity contribution in [3.63, 3.8) is 0 Å². The van der Waals surface area contributed by atoms with E-state index in [1.807, 2.05) is 0 Å². The Kier molecular flexibility index (Phi) is 3.82. The van der Waals surface area contributed by atoms with Crippen LogP contribution in [0, 0.1) is 5.92 Å². The minimum absolute atomic E-state index is 0.115. The van der Waals surface area contributed by atoms with Crippen LogP contribution in [-0.2, 0) is 0 Å². The van der Waals surface area contributed by atoms with Gasteiger partial charge in [0.25, 0.3) is 0 Å². The smallest absolute Gasteiger partial charge is 0.228 e. The van der Waals surface area contributed by atoms with Gasteiger partial charge < -0.3 is 9.15 Å². The Bertz CT molecular complexity index is 495. The maximum atomic E-state index is 12.0. The molecule has 0 fully saturated rings. The molecule has 0 atom stereocenters. The van der Waals surface area contributed by atoms with E-state index in [4.69, 9.17) is 9.15 Å². The van der Waals surface area contributed by atoms with Crippen LogP contribution in [0.4, 0.5) is 0 Å². The van der Waals surface area contributed by atoms with Crippen LogP contribution < -0.4 is 4.74 Å². The van der Waals surface area contributed by atoms with Crippen LogP contribution in [0.1, 0.15) is 30.0 Å². The topological polar surface area (TPSA) is 39.4 Å². The Morgan fingerprint density at radius 3 is 2.50 bits per heavy atom. The molecule has 2 aromatic rings. The number of rotatable bonds is 5. The Morgan fingerprint density at radius 2 is 1.94 bits per heavy atom. The Morgan fingerprint density at radius 1 is 1.22 bits per heavy atom. The molecule has 0 saturated heterocycles. The first-order chi connectivity index (χ1) is 8.66. The van der Waals surface area contributed by atoms with Crippen LogP contribution in [0.2, 0.25) is 0 Å². The van der Waals surface area contributed by atoms with Crippen LogP contribution in [0.15, 0.2) is 47.1 Å². The lowest BCUT2D eigenvalue weighted by Gasteiger charge is -2.08. The number of hydrogen-bond donors (Lipinski definition) is 0. The number of carbonyl (C=O) groups is 1. The summed E-state index contributed by atoms with van der Waals surface area (Å²) in [7, 11) is 0. The quantitative estimate of drug-likeness (QED) is 0.755. The number of carbonyl (C=O) groups excluding carboxylic acids is 1. The van der Waals surface area contributed by atoms with Gasteiger partial charge in [-0.3, -0.25) is 4.79 Å². The summed E-state index contributed by atoms with van der Waals surface area (Å²) in [4.78, 5) is 12.0. The second-order valence-corrected chi connectivity index (χ2v) is 4.54. The molecule has 3 nitrogen and oxygen atoms in total. The fraction of sp³-hybridized carbons (Fsp3) is 0.267. The van der Waals surface area contributed by atoms with Gasteiger partial charge in [0.05, 0.1) is 12.9 Å². The van der Waals surface area contributed by atoms with Gasteiger partial charge in [0.1, 0.15) is 5.75 Å². The summed E-state index contributed by atoms with van der Waals surface area (Å²) >= 11 is 0. The predicted octanol–water partition coefficient (Wildman–Crippen LogP) is 3.55. The van der Waals surface area contributed by atoms with Crippen molar-refractivity contribution in [2.24, 2.45) is 5.92 Å². The van der Waals surface area contributed by atoms with E-state index in [1.54, 1.807) is 36.4 Å². The Hall–Kier alpha value is -2.03. The van der Waals surface area contributed by atoms with Crippen molar-refractivity contribution < 1.29 is 13.9 Å². The fourth-order valence-electron chi connectivity index (χ4n) is 1.52. The van der Waals surface area contributed by atoms with Gasteiger partial charge in [0.15, 0.2) is 5.76 Å². The first kappa shape index (κ1) is 12.4. The summed E-state index contributed by atoms with van der Waals surface area (Å²) < 4.78 is 10.6. The number of hydrogen-bond acceptors (Lipinski definition) is 3. The van der Waals surface area contributed by atoms with Crippen molar-refractivity contribution in [3.05, 3.63) is 54.0 Å². The molecule has 3 heteroatoms. The molecule has 1 heterocycles. The molecular formula is C15H16O3. The standard InChI is InChI=1S/C15H16O3/c1-11(2)10-18-13-7-5-12(6-8-13)15(16)14-4-3-9-17-14/h3-9,11H,10H2,1-2H3. The summed E-state index contributed by atoms with van der Waals surface area (Å²) in [6.07, 6.45) is 1.49. The highest BCUT2D eigenvalue weighted by Crippen LogP contribution is 2.16. The molecule has 0 amide bonds. The van der Waals surface area contributed by atoms with Gasteiger partial charge in [-0.25, -0.2) is 0 Å². The monoisotopic (exact) mass is 244 g/mol. The van der Waals surface area contributed by atoms with E-state index in [1.165, 1.54) is 6.26 Å². The van der Waals surface area contributed by atoms with E-state index in [9.17, 15) is 4.79 Å². The van der Waals surface area contributed by atoms with Gasteiger partial charge in [0.2, 0.25) is 5.78 Å². The van der Waals surface area contributed by atoms with E-state index in [0.29, 0.717) is 23.8 Å². The van der Waals surface area contributed by atoms with Crippen molar-refractivity contribution in [2.45, 2.75) is 13.8 Å². The molecule has 0 saturated carbocycles. The van der Waals surface area contributed by atoms with Crippen LogP contribution in [0.25, 0.3) is 0 Å². The lowest BCUT2D eigenvalue weighted by Crippen LogP contribution is -2.05. The average Bonchev–Trinajstić information content (AvgIpc) is 2.90. The molecular weight excluding hydrogens is 228 g/mol. The fourth-order valence-corrected chi connectivity index (χ4v) is 1.52. The zero-order valence-corrected chi connectivity index (χ0v) is 10.6. The average molecular weight is 244 g/mol. The largest absolute Gasteiger partial charge is 0.493 e. The summed E-state index contributed by atoms with van der Waals surface area (Å²) in [6, 6.07) is 10.5. The van der Waals surface area contributed by atoms with Crippen molar-refractivity contribution in [1.29, 1.82) is 0 Å². The van der Waals surface area contributed by atoms with Crippen molar-refractivity contribution in [1.82, 2.24) is 0 Å². The Labute approximate surface area is 106 Å². The normalized spacial score (nSPS) is 10.6. The van der Waals surface area contributed by atoms with E-state index < -0.39 is 0 Å². The lowest BCUT2D eigenvalue weighted by molar-refractivity contribution is 0.101. The molecule has 0 radical (unpaired) electrons. The van der Waals surface area contributed by atoms with Crippen LogP contribution >= 0.6 is 0 Å². The first-order valence-corrected chi connectivity index (χ1v) is 5.98. The molecule has 1 aromatic carbocycles. The van der Waals surface area contributed by atoms with Gasteiger partial charge in [-0.05, 0) is 42.3 Å². The molecule has 0 N–H and O–H groups in total. The molecule has 0 aliphatic heterocycles. The van der Waals surface area contributed by atoms with Crippen molar-refractivity contribution in [2.75, 3.05) is 6.61 Å². The predicted molar refractivity (Wildman–Crippen MR) is 68.9 cm³/mol. The highest BCUT2D eigenvalue weighted by atomic mass is 16.5. The highest BCUT2D eigenvalue weighted by molar-refractivity contribution is 6.07. The van der Waals surface area contributed by atoms with E-state index in [0.717, 1.165) is 5.75 Å². The molecule has 94 valence electrons. The first-order valence-electron chi connectivity index (χ1n) is 5.98. The van der Waals surface area contributed by atoms with Crippen molar-refractivity contribution in [3.8, 4) is 5.75 Å². The molecule has 1 aromatic heterocycles. The second kappa shape index (κ2) is 5.54. The molecule has 0 aliphatic carbocycles. The van der Waals surface area contributed by atoms with E-state index >= 15 is 0 Å². The number of benzene rings is 1. The third kappa shape index (κ3) is 3.00. The summed E-state index contributed by atoms with van der Waals surface area (Å²) in [6.45, 7) is 4.86. The van der Waals surface area contributed by atoms with Gasteiger partial charge in [-0.2, -0.15) is 0 Å². The third-order valence-corrected chi connectivity index (χ3v) is 2.44. The zero-order chi connectivity index (χ0) is 13.0. The summed E-state index contributed by atoms with van der Waals surface area (Å²) in [5.74, 6) is 1.50. The number of ketones is 1. The highest BCUT2D eigenvalue weighted by Gasteiger charge is 2.11. The van der Waals surface area contributed by atoms with Gasteiger partial charge in [0, 0.05) is 5.56 Å². The third-order valence-electron chi connectivity index (χ3n) is 2.44.